The van der Waals surface area contributed by atoms with Crippen molar-refractivity contribution < 1.29 is 14.3 Å². The van der Waals surface area contributed by atoms with Crippen LogP contribution in [0.5, 0.6) is 0 Å². The van der Waals surface area contributed by atoms with E-state index in [2.05, 4.69) is 0 Å². The van der Waals surface area contributed by atoms with Gasteiger partial charge >= 0.3 is 5.97 Å². The Kier molecular flexibility index (Phi) is 5.76. The molecule has 5 heteroatoms. The van der Waals surface area contributed by atoms with Gasteiger partial charge in [-0.3, -0.25) is 0 Å². The van der Waals surface area contributed by atoms with Crippen molar-refractivity contribution in [3.05, 3.63) is 102 Å². The summed E-state index contributed by atoms with van der Waals surface area (Å²) in [5, 5.41) is 14.8. The molecule has 0 spiro atoms. The van der Waals surface area contributed by atoms with Gasteiger partial charge in [-0.25, -0.2) is 13.9 Å². The molecule has 1 N–H and O–H groups in total. The molecule has 0 fully saturated rings. The summed E-state index contributed by atoms with van der Waals surface area (Å²) >= 11 is 0. The Balaban J connectivity index is 1.99. The summed E-state index contributed by atoms with van der Waals surface area (Å²) in [6.07, 6.45) is 0.459. The summed E-state index contributed by atoms with van der Waals surface area (Å²) < 4.78 is 15.1. The fraction of sp³-hybridized carbons (Fsp3) is 0.0769. The third-order valence-electron chi connectivity index (χ3n) is 5.07. The average molecular weight is 412 g/mol. The fourth-order valence-corrected chi connectivity index (χ4v) is 3.61. The molecule has 4 nitrogen and oxygen atoms in total. The van der Waals surface area contributed by atoms with Gasteiger partial charge in [0, 0.05) is 11.1 Å². The molecule has 3 aromatic carbocycles. The number of halogens is 1. The number of aromatic nitrogens is 2. The van der Waals surface area contributed by atoms with E-state index in [1.807, 2.05) is 61.5 Å². The van der Waals surface area contributed by atoms with Crippen LogP contribution in [0.4, 0.5) is 4.39 Å². The topological polar surface area (TPSA) is 55.1 Å². The zero-order valence-electron chi connectivity index (χ0n) is 17.0. The van der Waals surface area contributed by atoms with E-state index in [1.165, 1.54) is 12.1 Å². The molecule has 0 aliphatic carbocycles. The van der Waals surface area contributed by atoms with Crippen LogP contribution in [0, 0.1) is 5.82 Å². The van der Waals surface area contributed by atoms with Crippen LogP contribution in [0.15, 0.2) is 91.0 Å². The minimum atomic E-state index is -1.01. The molecule has 154 valence electrons. The molecule has 0 amide bonds. The second-order valence-corrected chi connectivity index (χ2v) is 7.05. The zero-order valence-corrected chi connectivity index (χ0v) is 17.0. The van der Waals surface area contributed by atoms with Crippen LogP contribution in [0.2, 0.25) is 0 Å². The molecule has 31 heavy (non-hydrogen) atoms. The van der Waals surface area contributed by atoms with E-state index < -0.39 is 5.97 Å². The Bertz CT molecular complexity index is 1230. The van der Waals surface area contributed by atoms with Crippen molar-refractivity contribution in [3.8, 4) is 22.5 Å². The van der Waals surface area contributed by atoms with Crippen LogP contribution in [-0.4, -0.2) is 20.9 Å². The molecular weight excluding hydrogens is 391 g/mol. The maximum absolute atomic E-state index is 13.4. The SMILES string of the molecule is CCC(=C(C(=O)O)c1ccccc1)n1nc(-c2ccc(F)cc2)cc1-c1ccccc1. The van der Waals surface area contributed by atoms with Crippen LogP contribution in [0.25, 0.3) is 33.8 Å². The van der Waals surface area contributed by atoms with Gasteiger partial charge in [0.2, 0.25) is 0 Å². The van der Waals surface area contributed by atoms with Crippen molar-refractivity contribution in [1.29, 1.82) is 0 Å². The standard InChI is InChI=1S/C26H21FN2O2/c1-2-23(25(26(30)31)20-11-7-4-8-12-20)29-24(19-9-5-3-6-10-19)17-22(28-29)18-13-15-21(27)16-14-18/h3-17H,2H2,1H3,(H,30,31). The summed E-state index contributed by atoms with van der Waals surface area (Å²) in [4.78, 5) is 12.3. The minimum Gasteiger partial charge on any atom is -0.478 e. The van der Waals surface area contributed by atoms with E-state index >= 15 is 0 Å². The van der Waals surface area contributed by atoms with Crippen LogP contribution in [0.3, 0.4) is 0 Å². The Hall–Kier alpha value is -3.99. The first-order chi connectivity index (χ1) is 15.1. The summed E-state index contributed by atoms with van der Waals surface area (Å²) in [6.45, 7) is 1.91. The number of hydrogen-bond donors (Lipinski definition) is 1. The van der Waals surface area contributed by atoms with Crippen LogP contribution in [0.1, 0.15) is 18.9 Å². The Morgan fingerprint density at radius 3 is 2.10 bits per heavy atom. The number of carboxylic acids is 1. The monoisotopic (exact) mass is 412 g/mol. The lowest BCUT2D eigenvalue weighted by atomic mass is 10.0. The van der Waals surface area contributed by atoms with Gasteiger partial charge in [-0.1, -0.05) is 67.6 Å². The smallest absolute Gasteiger partial charge is 0.338 e. The van der Waals surface area contributed by atoms with E-state index in [0.29, 0.717) is 23.4 Å². The first-order valence-electron chi connectivity index (χ1n) is 10.0. The zero-order chi connectivity index (χ0) is 21.8. The van der Waals surface area contributed by atoms with Crippen molar-refractivity contribution in [2.75, 3.05) is 0 Å². The highest BCUT2D eigenvalue weighted by Gasteiger charge is 2.21. The maximum atomic E-state index is 13.4. The van der Waals surface area contributed by atoms with Gasteiger partial charge in [0.25, 0.3) is 0 Å². The summed E-state index contributed by atoms with van der Waals surface area (Å²) in [7, 11) is 0. The summed E-state index contributed by atoms with van der Waals surface area (Å²) in [5.41, 5.74) is 4.47. The number of allylic oxidation sites excluding steroid dienone is 1. The minimum absolute atomic E-state index is 0.203. The van der Waals surface area contributed by atoms with Gasteiger partial charge in [-0.05, 0) is 42.3 Å². The van der Waals surface area contributed by atoms with Crippen molar-refractivity contribution in [1.82, 2.24) is 9.78 Å². The number of nitrogens with zero attached hydrogens (tertiary/aromatic N) is 2. The predicted molar refractivity (Wildman–Crippen MR) is 121 cm³/mol. The number of carbonyl (C=O) groups is 1. The van der Waals surface area contributed by atoms with Crippen LogP contribution < -0.4 is 0 Å². The van der Waals surface area contributed by atoms with Gasteiger partial charge in [0.15, 0.2) is 0 Å². The molecule has 0 bridgehead atoms. The van der Waals surface area contributed by atoms with Gasteiger partial charge in [-0.15, -0.1) is 0 Å². The molecule has 0 atom stereocenters. The maximum Gasteiger partial charge on any atom is 0.338 e. The van der Waals surface area contributed by atoms with E-state index in [9.17, 15) is 14.3 Å². The van der Waals surface area contributed by atoms with Crippen LogP contribution >= 0.6 is 0 Å². The largest absolute Gasteiger partial charge is 0.478 e. The van der Waals surface area contributed by atoms with Gasteiger partial charge in [-0.2, -0.15) is 5.10 Å². The van der Waals surface area contributed by atoms with Crippen molar-refractivity contribution in [3.63, 3.8) is 0 Å². The number of carboxylic acid groups (broad SMARTS) is 1. The molecule has 0 radical (unpaired) electrons. The van der Waals surface area contributed by atoms with Crippen molar-refractivity contribution >= 4 is 17.2 Å². The first kappa shape index (κ1) is 20.3. The highest BCUT2D eigenvalue weighted by Crippen LogP contribution is 2.33. The van der Waals surface area contributed by atoms with Crippen LogP contribution in [-0.2, 0) is 4.79 Å². The highest BCUT2D eigenvalue weighted by atomic mass is 19.1. The molecule has 1 heterocycles. The molecule has 4 aromatic rings. The normalized spacial score (nSPS) is 11.8. The molecule has 1 aromatic heterocycles. The quantitative estimate of drug-likeness (QED) is 0.383. The second kappa shape index (κ2) is 8.79. The highest BCUT2D eigenvalue weighted by molar-refractivity contribution is 6.21. The number of aliphatic carboxylic acids is 1. The Morgan fingerprint density at radius 1 is 0.903 bits per heavy atom. The third-order valence-corrected chi connectivity index (χ3v) is 5.07. The van der Waals surface area contributed by atoms with Gasteiger partial charge < -0.3 is 5.11 Å². The summed E-state index contributed by atoms with van der Waals surface area (Å²) in [5.74, 6) is -1.33. The molecule has 0 aliphatic rings. The third kappa shape index (κ3) is 4.16. The molecular formula is C26H21FN2O2. The van der Waals surface area contributed by atoms with E-state index in [-0.39, 0.29) is 11.4 Å². The lowest BCUT2D eigenvalue weighted by Crippen LogP contribution is -2.10. The molecule has 0 aliphatic heterocycles. The lowest BCUT2D eigenvalue weighted by Gasteiger charge is -2.15. The molecule has 0 saturated heterocycles. The van der Waals surface area contributed by atoms with E-state index in [4.69, 9.17) is 5.10 Å². The Morgan fingerprint density at radius 2 is 1.52 bits per heavy atom. The number of hydrogen-bond acceptors (Lipinski definition) is 2. The van der Waals surface area contributed by atoms with E-state index in [1.54, 1.807) is 28.9 Å². The predicted octanol–water partition coefficient (Wildman–Crippen LogP) is 6.22. The molecule has 0 saturated carbocycles. The molecule has 0 unspecified atom stereocenters. The van der Waals surface area contributed by atoms with E-state index in [0.717, 1.165) is 16.8 Å². The van der Waals surface area contributed by atoms with Crippen molar-refractivity contribution in [2.45, 2.75) is 13.3 Å². The number of rotatable bonds is 6. The van der Waals surface area contributed by atoms with Gasteiger partial charge in [0.1, 0.15) is 5.82 Å². The average Bonchev–Trinajstić information content (AvgIpc) is 3.24. The fourth-order valence-electron chi connectivity index (χ4n) is 3.61. The second-order valence-electron chi connectivity index (χ2n) is 7.05. The Labute approximate surface area is 179 Å². The van der Waals surface area contributed by atoms with Gasteiger partial charge in [0.05, 0.1) is 22.7 Å². The first-order valence-corrected chi connectivity index (χ1v) is 10.0. The molecule has 4 rings (SSSR count). The summed E-state index contributed by atoms with van der Waals surface area (Å²) in [6, 6.07) is 26.8. The lowest BCUT2D eigenvalue weighted by molar-refractivity contribution is -0.130. The van der Waals surface area contributed by atoms with Crippen molar-refractivity contribution in [2.24, 2.45) is 0 Å². The number of benzene rings is 3.